The van der Waals surface area contributed by atoms with Crippen molar-refractivity contribution in [2.24, 2.45) is 0 Å². The Kier molecular flexibility index (Phi) is 18.2. The zero-order valence-corrected chi connectivity index (χ0v) is 16.3. The van der Waals surface area contributed by atoms with Crippen molar-refractivity contribution in [3.8, 4) is 0 Å². The molecular formula is C20H42N2O2. The molecule has 0 heterocycles. The highest BCUT2D eigenvalue weighted by molar-refractivity contribution is 5.75. The smallest absolute Gasteiger partial charge is 0.220 e. The Morgan fingerprint density at radius 2 is 1.42 bits per heavy atom. The Balaban J connectivity index is 3.30. The van der Waals surface area contributed by atoms with Gasteiger partial charge in [0.05, 0.1) is 0 Å². The lowest BCUT2D eigenvalue weighted by Crippen LogP contribution is -2.33. The van der Waals surface area contributed by atoms with E-state index in [0.717, 1.165) is 38.9 Å². The average molecular weight is 343 g/mol. The van der Waals surface area contributed by atoms with Crippen LogP contribution in [0.5, 0.6) is 0 Å². The molecule has 0 fully saturated rings. The third kappa shape index (κ3) is 17.7. The number of amides is 1. The maximum Gasteiger partial charge on any atom is 0.220 e. The van der Waals surface area contributed by atoms with Gasteiger partial charge in [-0.25, -0.2) is 0 Å². The van der Waals surface area contributed by atoms with Crippen LogP contribution < -0.4 is 5.32 Å². The van der Waals surface area contributed by atoms with Crippen LogP contribution in [0, 0.1) is 0 Å². The largest absolute Gasteiger partial charge is 0.396 e. The van der Waals surface area contributed by atoms with E-state index in [4.69, 9.17) is 5.11 Å². The summed E-state index contributed by atoms with van der Waals surface area (Å²) in [6, 6.07) is 0. The first-order chi connectivity index (χ1) is 11.7. The molecule has 0 rings (SSSR count). The maximum atomic E-state index is 11.7. The number of nitrogens with one attached hydrogen (secondary N) is 1. The molecule has 0 aliphatic carbocycles. The van der Waals surface area contributed by atoms with E-state index in [0.29, 0.717) is 13.0 Å². The Labute approximate surface area is 150 Å². The predicted octanol–water partition coefficient (Wildman–Crippen LogP) is 4.12. The second-order valence-electron chi connectivity index (χ2n) is 7.02. The number of rotatable bonds is 18. The number of unbranched alkanes of at least 4 members (excludes halogenated alkanes) is 10. The molecule has 144 valence electrons. The number of nitrogens with zero attached hydrogens (tertiary/aromatic N) is 1. The molecule has 0 aliphatic rings. The fraction of sp³-hybridized carbons (Fsp3) is 0.950. The van der Waals surface area contributed by atoms with Crippen LogP contribution in [0.3, 0.4) is 0 Å². The minimum Gasteiger partial charge on any atom is -0.396 e. The molecule has 0 aromatic rings. The fourth-order valence-corrected chi connectivity index (χ4v) is 2.85. The van der Waals surface area contributed by atoms with Gasteiger partial charge in [-0.1, -0.05) is 64.7 Å². The lowest BCUT2D eigenvalue weighted by molar-refractivity contribution is -0.121. The lowest BCUT2D eigenvalue weighted by Gasteiger charge is -2.16. The lowest BCUT2D eigenvalue weighted by atomic mass is 10.1. The van der Waals surface area contributed by atoms with E-state index in [-0.39, 0.29) is 5.91 Å². The topological polar surface area (TPSA) is 52.6 Å². The van der Waals surface area contributed by atoms with Gasteiger partial charge in [-0.3, -0.25) is 4.79 Å². The van der Waals surface area contributed by atoms with Crippen LogP contribution in [-0.4, -0.2) is 49.2 Å². The maximum absolute atomic E-state index is 11.7. The van der Waals surface area contributed by atoms with E-state index in [1.54, 1.807) is 0 Å². The highest BCUT2D eigenvalue weighted by Crippen LogP contribution is 2.07. The molecule has 0 aromatic carbocycles. The van der Waals surface area contributed by atoms with Gasteiger partial charge in [-0.15, -0.1) is 0 Å². The minimum absolute atomic E-state index is 0.211. The molecule has 0 unspecified atom stereocenters. The van der Waals surface area contributed by atoms with Crippen molar-refractivity contribution in [1.82, 2.24) is 10.2 Å². The second-order valence-corrected chi connectivity index (χ2v) is 7.02. The molecule has 4 nitrogen and oxygen atoms in total. The fourth-order valence-electron chi connectivity index (χ4n) is 2.85. The van der Waals surface area contributed by atoms with Crippen LogP contribution >= 0.6 is 0 Å². The predicted molar refractivity (Wildman–Crippen MR) is 103 cm³/mol. The van der Waals surface area contributed by atoms with Crippen LogP contribution in [-0.2, 0) is 4.79 Å². The van der Waals surface area contributed by atoms with Crippen molar-refractivity contribution in [2.45, 2.75) is 90.4 Å². The second kappa shape index (κ2) is 18.7. The first-order valence-electron chi connectivity index (χ1n) is 10.3. The van der Waals surface area contributed by atoms with E-state index in [9.17, 15) is 4.79 Å². The molecule has 0 saturated carbocycles. The number of carbonyl (C=O) groups is 1. The molecule has 24 heavy (non-hydrogen) atoms. The summed E-state index contributed by atoms with van der Waals surface area (Å²) in [6.07, 6.45) is 15.2. The van der Waals surface area contributed by atoms with Gasteiger partial charge in [0.2, 0.25) is 5.91 Å². The van der Waals surface area contributed by atoms with Crippen LogP contribution in [0.1, 0.15) is 90.4 Å². The van der Waals surface area contributed by atoms with E-state index in [1.165, 1.54) is 57.8 Å². The van der Waals surface area contributed by atoms with Gasteiger partial charge in [0.15, 0.2) is 0 Å². The van der Waals surface area contributed by atoms with Gasteiger partial charge in [-0.05, 0) is 32.9 Å². The van der Waals surface area contributed by atoms with Gasteiger partial charge in [-0.2, -0.15) is 0 Å². The average Bonchev–Trinajstić information content (AvgIpc) is 2.57. The monoisotopic (exact) mass is 342 g/mol. The van der Waals surface area contributed by atoms with E-state index in [1.807, 2.05) is 0 Å². The molecule has 0 saturated heterocycles. The van der Waals surface area contributed by atoms with Crippen molar-refractivity contribution in [1.29, 1.82) is 0 Å². The number of aliphatic hydroxyl groups excluding tert-OH is 1. The first kappa shape index (κ1) is 23.4. The quantitative estimate of drug-likeness (QED) is 0.368. The molecular weight excluding hydrogens is 300 g/mol. The molecule has 0 radical (unpaired) electrons. The molecule has 0 aliphatic heterocycles. The highest BCUT2D eigenvalue weighted by atomic mass is 16.2. The van der Waals surface area contributed by atoms with Crippen molar-refractivity contribution in [3.63, 3.8) is 0 Å². The van der Waals surface area contributed by atoms with Crippen LogP contribution in [0.25, 0.3) is 0 Å². The summed E-state index contributed by atoms with van der Waals surface area (Å²) in [5.74, 6) is 0.211. The van der Waals surface area contributed by atoms with Gasteiger partial charge >= 0.3 is 0 Å². The summed E-state index contributed by atoms with van der Waals surface area (Å²) < 4.78 is 0. The summed E-state index contributed by atoms with van der Waals surface area (Å²) in [5, 5.41) is 11.7. The van der Waals surface area contributed by atoms with Crippen molar-refractivity contribution in [3.05, 3.63) is 0 Å². The third-order valence-electron chi connectivity index (χ3n) is 4.52. The standard InChI is InChI=1S/C20H42N2O2/c1-3-4-5-9-12-15-20(24)21-16-18-22(2)17-13-10-7-6-8-11-14-19-23/h23H,3-19H2,1-2H3,(H,21,24). The molecule has 0 bridgehead atoms. The first-order valence-corrected chi connectivity index (χ1v) is 10.3. The SMILES string of the molecule is CCCCCCCC(=O)NCCN(C)CCCCCCCCCO. The number of likely N-dealkylation sites (N-methyl/N-ethyl adjacent to an activating group) is 1. The Bertz CT molecular complexity index is 272. The molecule has 0 spiro atoms. The summed E-state index contributed by atoms with van der Waals surface area (Å²) in [4.78, 5) is 14.0. The van der Waals surface area contributed by atoms with Gasteiger partial charge in [0.1, 0.15) is 0 Å². The van der Waals surface area contributed by atoms with Crippen molar-refractivity contribution in [2.75, 3.05) is 33.3 Å². The van der Waals surface area contributed by atoms with E-state index in [2.05, 4.69) is 24.2 Å². The molecule has 0 aromatic heterocycles. The van der Waals surface area contributed by atoms with Crippen molar-refractivity contribution >= 4 is 5.91 Å². The van der Waals surface area contributed by atoms with Gasteiger partial charge < -0.3 is 15.3 Å². The Hall–Kier alpha value is -0.610. The van der Waals surface area contributed by atoms with Crippen LogP contribution in [0.15, 0.2) is 0 Å². The summed E-state index contributed by atoms with van der Waals surface area (Å²) in [7, 11) is 2.14. The highest BCUT2D eigenvalue weighted by Gasteiger charge is 2.02. The zero-order valence-electron chi connectivity index (χ0n) is 16.3. The van der Waals surface area contributed by atoms with Crippen molar-refractivity contribution < 1.29 is 9.90 Å². The minimum atomic E-state index is 0.211. The molecule has 1 amide bonds. The number of carbonyl (C=O) groups excluding carboxylic acids is 1. The number of hydrogen-bond acceptors (Lipinski definition) is 3. The van der Waals surface area contributed by atoms with Gasteiger partial charge in [0.25, 0.3) is 0 Å². The molecule has 4 heteroatoms. The van der Waals surface area contributed by atoms with Gasteiger partial charge in [0, 0.05) is 26.1 Å². The number of aliphatic hydroxyl groups is 1. The normalized spacial score (nSPS) is 11.2. The van der Waals surface area contributed by atoms with E-state index < -0.39 is 0 Å². The Morgan fingerprint density at radius 1 is 0.833 bits per heavy atom. The summed E-state index contributed by atoms with van der Waals surface area (Å²) >= 11 is 0. The van der Waals surface area contributed by atoms with Crippen LogP contribution in [0.2, 0.25) is 0 Å². The number of hydrogen-bond donors (Lipinski definition) is 2. The Morgan fingerprint density at radius 3 is 2.08 bits per heavy atom. The third-order valence-corrected chi connectivity index (χ3v) is 4.52. The summed E-state index contributed by atoms with van der Waals surface area (Å²) in [6.45, 7) is 5.37. The molecule has 2 N–H and O–H groups in total. The van der Waals surface area contributed by atoms with Crippen LogP contribution in [0.4, 0.5) is 0 Å². The molecule has 0 atom stereocenters. The summed E-state index contributed by atoms with van der Waals surface area (Å²) in [5.41, 5.74) is 0. The van der Waals surface area contributed by atoms with E-state index >= 15 is 0 Å². The zero-order chi connectivity index (χ0) is 17.9.